The molecule has 8 rings (SSSR count). The number of hydrogen-bond donors (Lipinski definition) is 2. The van der Waals surface area contributed by atoms with Crippen molar-refractivity contribution in [3.63, 3.8) is 0 Å². The molecule has 0 amide bonds. The van der Waals surface area contributed by atoms with E-state index in [1.807, 2.05) is 4.90 Å². The molecular weight excluding hydrogens is 605 g/mol. The van der Waals surface area contributed by atoms with Crippen LogP contribution in [0.5, 0.6) is 11.8 Å². The largest absolute Gasteiger partial charge is 0.508 e. The Kier molecular flexibility index (Phi) is 6.84. The van der Waals surface area contributed by atoms with Gasteiger partial charge in [-0.15, -0.1) is 0 Å². The SMILES string of the molecule is C[C@]12CCC(CN(c3nc(OC[C@@]45CCCN4C[C@H](F)C5)nc4c(F)c(-c5cc(O)cc6cccc(C(F)F)c56)c(F)cc34)C1)N2. The number of halogens is 5. The standard InChI is InChI=1S/C34H34F5N5O2/c1-33-8-6-20(42-33)15-43(16-33)31-24-12-25(36)27(23-11-21(45)10-18-4-2-5-22(26(18)23)30(38)39)28(37)29(24)40-32(41-31)46-17-34-7-3-9-44(34)14-19(35)13-34/h2,4-5,10-12,19-20,30,42,45H,3,6-9,13-17H2,1H3/t19-,20?,33+,34+/m1/s1. The number of aromatic nitrogens is 2. The van der Waals surface area contributed by atoms with E-state index in [0.29, 0.717) is 31.9 Å². The Bertz CT molecular complexity index is 1880. The highest BCUT2D eigenvalue weighted by atomic mass is 19.3. The van der Waals surface area contributed by atoms with Crippen LogP contribution in [0.2, 0.25) is 0 Å². The zero-order valence-corrected chi connectivity index (χ0v) is 25.3. The molecule has 0 spiro atoms. The average molecular weight is 640 g/mol. The highest BCUT2D eigenvalue weighted by molar-refractivity contribution is 6.03. The monoisotopic (exact) mass is 639 g/mol. The molecule has 4 atom stereocenters. The van der Waals surface area contributed by atoms with Gasteiger partial charge in [-0.2, -0.15) is 9.97 Å². The van der Waals surface area contributed by atoms with Crippen molar-refractivity contribution in [3.8, 4) is 22.9 Å². The average Bonchev–Trinajstić information content (AvgIpc) is 3.63. The smallest absolute Gasteiger partial charge is 0.319 e. The fourth-order valence-corrected chi connectivity index (χ4v) is 8.48. The molecule has 4 aromatic rings. The van der Waals surface area contributed by atoms with E-state index in [4.69, 9.17) is 9.72 Å². The lowest BCUT2D eigenvalue weighted by atomic mass is 9.92. The topological polar surface area (TPSA) is 73.8 Å². The number of fused-ring (bicyclic) bond motifs is 5. The van der Waals surface area contributed by atoms with E-state index in [-0.39, 0.29) is 57.2 Å². The predicted octanol–water partition coefficient (Wildman–Crippen LogP) is 6.66. The fraction of sp³-hybridized carbons (Fsp3) is 0.471. The summed E-state index contributed by atoms with van der Waals surface area (Å²) >= 11 is 0. The lowest BCUT2D eigenvalue weighted by Crippen LogP contribution is -2.58. The maximum absolute atomic E-state index is 16.8. The zero-order chi connectivity index (χ0) is 32.0. The number of phenolic OH excluding ortho intramolecular Hbond substituents is 1. The first kappa shape index (κ1) is 29.6. The molecule has 2 bridgehead atoms. The van der Waals surface area contributed by atoms with E-state index in [0.717, 1.165) is 44.4 Å². The van der Waals surface area contributed by atoms with E-state index in [1.54, 1.807) is 0 Å². The van der Waals surface area contributed by atoms with E-state index < -0.39 is 40.9 Å². The second-order valence-electron chi connectivity index (χ2n) is 13.7. The Morgan fingerprint density at radius 1 is 1.13 bits per heavy atom. The summed E-state index contributed by atoms with van der Waals surface area (Å²) in [6, 6.07) is 7.68. The number of alkyl halides is 3. The number of piperazine rings is 1. The molecule has 2 N–H and O–H groups in total. The van der Waals surface area contributed by atoms with Crippen molar-refractivity contribution in [2.75, 3.05) is 37.7 Å². The van der Waals surface area contributed by atoms with Gasteiger partial charge in [0.2, 0.25) is 0 Å². The Hall–Kier alpha value is -3.77. The molecule has 4 fully saturated rings. The number of aromatic hydroxyl groups is 1. The lowest BCUT2D eigenvalue weighted by Gasteiger charge is -2.40. The zero-order valence-electron chi connectivity index (χ0n) is 25.3. The summed E-state index contributed by atoms with van der Waals surface area (Å²) in [6.07, 6.45) is -0.00743. The number of nitrogens with zero attached hydrogens (tertiary/aromatic N) is 4. The number of nitrogens with one attached hydrogen (secondary N) is 1. The van der Waals surface area contributed by atoms with Crippen LogP contribution in [0.4, 0.5) is 27.8 Å². The highest BCUT2D eigenvalue weighted by Crippen LogP contribution is 2.44. The van der Waals surface area contributed by atoms with Gasteiger partial charge in [0.05, 0.1) is 11.1 Å². The minimum atomic E-state index is -2.93. The van der Waals surface area contributed by atoms with Crippen LogP contribution in [0.25, 0.3) is 32.8 Å². The Morgan fingerprint density at radius 3 is 2.78 bits per heavy atom. The van der Waals surface area contributed by atoms with Crippen molar-refractivity contribution < 1.29 is 31.8 Å². The van der Waals surface area contributed by atoms with Crippen LogP contribution >= 0.6 is 0 Å². The number of hydrogen-bond acceptors (Lipinski definition) is 7. The number of benzene rings is 3. The third-order valence-electron chi connectivity index (χ3n) is 10.4. The van der Waals surface area contributed by atoms with Gasteiger partial charge < -0.3 is 20.1 Å². The summed E-state index contributed by atoms with van der Waals surface area (Å²) < 4.78 is 82.0. The van der Waals surface area contributed by atoms with E-state index in [9.17, 15) is 18.3 Å². The molecule has 4 saturated heterocycles. The normalized spacial score (nSPS) is 27.8. The van der Waals surface area contributed by atoms with Crippen LogP contribution < -0.4 is 15.0 Å². The van der Waals surface area contributed by atoms with E-state index in [1.165, 1.54) is 24.3 Å². The summed E-state index contributed by atoms with van der Waals surface area (Å²) in [4.78, 5) is 13.2. The molecule has 4 aliphatic heterocycles. The van der Waals surface area contributed by atoms with Gasteiger partial charge in [-0.05, 0) is 73.7 Å². The van der Waals surface area contributed by atoms with Crippen LogP contribution in [0.3, 0.4) is 0 Å². The van der Waals surface area contributed by atoms with Gasteiger partial charge in [-0.25, -0.2) is 22.0 Å². The van der Waals surface area contributed by atoms with Crippen molar-refractivity contribution in [1.29, 1.82) is 0 Å². The molecule has 1 aromatic heterocycles. The molecule has 4 aliphatic rings. The van der Waals surface area contributed by atoms with Crippen molar-refractivity contribution in [1.82, 2.24) is 20.2 Å². The predicted molar refractivity (Wildman–Crippen MR) is 164 cm³/mol. The second kappa shape index (κ2) is 10.6. The first-order chi connectivity index (χ1) is 22.0. The maximum atomic E-state index is 16.8. The molecular formula is C34H34F5N5O2. The minimum Gasteiger partial charge on any atom is -0.508 e. The second-order valence-corrected chi connectivity index (χ2v) is 13.7. The first-order valence-electron chi connectivity index (χ1n) is 15.8. The van der Waals surface area contributed by atoms with Crippen LogP contribution in [-0.4, -0.2) is 76.1 Å². The number of phenols is 1. The maximum Gasteiger partial charge on any atom is 0.319 e. The number of anilines is 1. The van der Waals surface area contributed by atoms with Crippen molar-refractivity contribution in [2.45, 2.75) is 68.7 Å². The molecule has 5 heterocycles. The molecule has 0 saturated carbocycles. The van der Waals surface area contributed by atoms with Crippen LogP contribution in [-0.2, 0) is 0 Å². The quantitative estimate of drug-likeness (QED) is 0.229. The van der Waals surface area contributed by atoms with Gasteiger partial charge in [0.25, 0.3) is 6.43 Å². The van der Waals surface area contributed by atoms with Crippen molar-refractivity contribution in [2.24, 2.45) is 0 Å². The van der Waals surface area contributed by atoms with Crippen molar-refractivity contribution >= 4 is 27.5 Å². The van der Waals surface area contributed by atoms with Crippen LogP contribution in [0, 0.1) is 11.6 Å². The Morgan fingerprint density at radius 2 is 1.98 bits per heavy atom. The van der Waals surface area contributed by atoms with Crippen LogP contribution in [0.1, 0.15) is 51.0 Å². The molecule has 7 nitrogen and oxygen atoms in total. The summed E-state index contributed by atoms with van der Waals surface area (Å²) in [7, 11) is 0. The van der Waals surface area contributed by atoms with Gasteiger partial charge in [-0.1, -0.05) is 18.2 Å². The summed E-state index contributed by atoms with van der Waals surface area (Å²) in [5, 5.41) is 14.4. The van der Waals surface area contributed by atoms with Gasteiger partial charge in [-0.3, -0.25) is 4.90 Å². The Labute approximate surface area is 262 Å². The summed E-state index contributed by atoms with van der Waals surface area (Å²) in [5.41, 5.74) is -2.15. The minimum absolute atomic E-state index is 0.0627. The molecule has 12 heteroatoms. The summed E-state index contributed by atoms with van der Waals surface area (Å²) in [5.74, 6) is -2.08. The first-order valence-corrected chi connectivity index (χ1v) is 15.8. The molecule has 0 radical (unpaired) electrons. The lowest BCUT2D eigenvalue weighted by molar-refractivity contribution is 0.107. The fourth-order valence-electron chi connectivity index (χ4n) is 8.48. The Balaban J connectivity index is 1.30. The number of ether oxygens (including phenoxy) is 1. The third kappa shape index (κ3) is 4.74. The molecule has 3 aromatic carbocycles. The number of rotatable bonds is 6. The molecule has 1 unspecified atom stereocenters. The van der Waals surface area contributed by atoms with Crippen LogP contribution in [0.15, 0.2) is 36.4 Å². The molecule has 242 valence electrons. The third-order valence-corrected chi connectivity index (χ3v) is 10.4. The van der Waals surface area contributed by atoms with E-state index >= 15 is 8.78 Å². The highest BCUT2D eigenvalue weighted by Gasteiger charge is 2.49. The van der Waals surface area contributed by atoms with E-state index in [2.05, 4.69) is 22.1 Å². The molecule has 0 aliphatic carbocycles. The van der Waals surface area contributed by atoms with Gasteiger partial charge in [0.15, 0.2) is 5.82 Å². The van der Waals surface area contributed by atoms with Gasteiger partial charge in [0.1, 0.15) is 35.7 Å². The van der Waals surface area contributed by atoms with Gasteiger partial charge in [0, 0.05) is 48.6 Å². The van der Waals surface area contributed by atoms with Gasteiger partial charge >= 0.3 is 6.01 Å². The van der Waals surface area contributed by atoms with Crippen molar-refractivity contribution in [3.05, 3.63) is 53.6 Å². The molecule has 46 heavy (non-hydrogen) atoms. The summed E-state index contributed by atoms with van der Waals surface area (Å²) in [6.45, 7) is 4.42.